The predicted octanol–water partition coefficient (Wildman–Crippen LogP) is 6.11. The lowest BCUT2D eigenvalue weighted by molar-refractivity contribution is -0.140. The average Bonchev–Trinajstić information content (AvgIpc) is 3.01. The van der Waals surface area contributed by atoms with Crippen molar-refractivity contribution >= 4 is 39.1 Å². The molecular formula is C33H40ClN3O5S. The molecule has 0 radical (unpaired) electrons. The number of aryl methyl sites for hydroxylation is 1. The fourth-order valence-electron chi connectivity index (χ4n) is 5.56. The Morgan fingerprint density at radius 3 is 2.37 bits per heavy atom. The van der Waals surface area contributed by atoms with Crippen LogP contribution in [0.25, 0.3) is 0 Å². The van der Waals surface area contributed by atoms with Crippen molar-refractivity contribution in [3.63, 3.8) is 0 Å². The maximum atomic E-state index is 14.3. The third-order valence-electron chi connectivity index (χ3n) is 7.86. The van der Waals surface area contributed by atoms with E-state index < -0.39 is 28.5 Å². The Labute approximate surface area is 260 Å². The van der Waals surface area contributed by atoms with Gasteiger partial charge in [0.15, 0.2) is 0 Å². The summed E-state index contributed by atoms with van der Waals surface area (Å²) in [4.78, 5) is 29.6. The molecule has 4 rings (SSSR count). The highest BCUT2D eigenvalue weighted by Crippen LogP contribution is 2.30. The van der Waals surface area contributed by atoms with Crippen molar-refractivity contribution in [2.75, 3.05) is 18.0 Å². The molecule has 0 aliphatic heterocycles. The van der Waals surface area contributed by atoms with E-state index in [1.54, 1.807) is 56.5 Å². The van der Waals surface area contributed by atoms with Gasteiger partial charge in [-0.05, 0) is 79.8 Å². The quantitative estimate of drug-likeness (QED) is 0.262. The van der Waals surface area contributed by atoms with E-state index in [0.717, 1.165) is 42.0 Å². The molecule has 1 saturated carbocycles. The molecule has 0 heterocycles. The second kappa shape index (κ2) is 14.8. The minimum atomic E-state index is -4.15. The van der Waals surface area contributed by atoms with E-state index >= 15 is 0 Å². The lowest BCUT2D eigenvalue weighted by Gasteiger charge is -2.34. The van der Waals surface area contributed by atoms with Gasteiger partial charge in [-0.3, -0.25) is 13.9 Å². The number of carbonyl (C=O) groups is 2. The van der Waals surface area contributed by atoms with E-state index in [2.05, 4.69) is 5.32 Å². The maximum absolute atomic E-state index is 14.3. The Kier molecular flexibility index (Phi) is 11.1. The molecule has 1 atom stereocenters. The first-order valence-corrected chi connectivity index (χ1v) is 16.5. The van der Waals surface area contributed by atoms with Crippen LogP contribution in [0.15, 0.2) is 77.7 Å². The van der Waals surface area contributed by atoms with E-state index in [4.69, 9.17) is 16.3 Å². The first-order valence-electron chi connectivity index (χ1n) is 14.7. The molecule has 230 valence electrons. The molecule has 10 heteroatoms. The van der Waals surface area contributed by atoms with E-state index in [1.807, 2.05) is 25.1 Å². The Morgan fingerprint density at radius 1 is 1.00 bits per heavy atom. The molecule has 1 fully saturated rings. The lowest BCUT2D eigenvalue weighted by atomic mass is 9.95. The standard InChI is InChI=1S/C33H40ClN3O5S/c1-4-30(33(39)35-27-13-7-5-8-14-27)36(22-25-12-11-15-28(21-25)42-3)32(38)23-37(31-19-18-26(34)20-24(31)2)43(40,41)29-16-9-6-10-17-29/h6,9-12,15-21,27,30H,4-5,7-8,13-14,22-23H2,1-3H3,(H,35,39)/t30-/m1/s1. The first kappa shape index (κ1) is 32.4. The van der Waals surface area contributed by atoms with Gasteiger partial charge in [0.1, 0.15) is 18.3 Å². The topological polar surface area (TPSA) is 96.0 Å². The number of ether oxygens (including phenoxy) is 1. The van der Waals surface area contributed by atoms with Crippen molar-refractivity contribution in [2.45, 2.75) is 75.9 Å². The number of amides is 2. The van der Waals surface area contributed by atoms with Gasteiger partial charge in [0.25, 0.3) is 10.0 Å². The first-order chi connectivity index (χ1) is 20.6. The number of carbonyl (C=O) groups excluding carboxylic acids is 2. The summed E-state index contributed by atoms with van der Waals surface area (Å²) in [5.41, 5.74) is 1.70. The highest BCUT2D eigenvalue weighted by Gasteiger charge is 2.35. The number of hydrogen-bond donors (Lipinski definition) is 1. The summed E-state index contributed by atoms with van der Waals surface area (Å²) in [6.07, 6.45) is 5.44. The minimum Gasteiger partial charge on any atom is -0.497 e. The van der Waals surface area contributed by atoms with Crippen molar-refractivity contribution in [1.29, 1.82) is 0 Å². The molecule has 3 aromatic rings. The Hall–Kier alpha value is -3.56. The molecular weight excluding hydrogens is 586 g/mol. The summed E-state index contributed by atoms with van der Waals surface area (Å²) >= 11 is 6.20. The van der Waals surface area contributed by atoms with Gasteiger partial charge in [-0.2, -0.15) is 0 Å². The summed E-state index contributed by atoms with van der Waals surface area (Å²) in [6, 6.07) is 19.4. The SMILES string of the molecule is CC[C@H](C(=O)NC1CCCCC1)N(Cc1cccc(OC)c1)C(=O)CN(c1ccc(Cl)cc1C)S(=O)(=O)c1ccccc1. The van der Waals surface area contributed by atoms with Gasteiger partial charge in [-0.15, -0.1) is 0 Å². The number of halogens is 1. The van der Waals surface area contributed by atoms with Crippen LogP contribution in [0, 0.1) is 6.92 Å². The van der Waals surface area contributed by atoms with Crippen LogP contribution >= 0.6 is 11.6 Å². The molecule has 0 spiro atoms. The van der Waals surface area contributed by atoms with Gasteiger partial charge in [0.05, 0.1) is 17.7 Å². The summed E-state index contributed by atoms with van der Waals surface area (Å²) in [5, 5.41) is 3.62. The number of benzene rings is 3. The molecule has 43 heavy (non-hydrogen) atoms. The van der Waals surface area contributed by atoms with E-state index in [1.165, 1.54) is 17.0 Å². The van der Waals surface area contributed by atoms with Crippen LogP contribution in [0.1, 0.15) is 56.6 Å². The van der Waals surface area contributed by atoms with Crippen LogP contribution in [0.5, 0.6) is 5.75 Å². The number of hydrogen-bond acceptors (Lipinski definition) is 5. The summed E-state index contributed by atoms with van der Waals surface area (Å²) in [5.74, 6) is -0.109. The minimum absolute atomic E-state index is 0.0542. The zero-order chi connectivity index (χ0) is 31.0. The van der Waals surface area contributed by atoms with Gasteiger partial charge < -0.3 is 15.0 Å². The van der Waals surface area contributed by atoms with Crippen LogP contribution < -0.4 is 14.4 Å². The number of sulfonamides is 1. The monoisotopic (exact) mass is 625 g/mol. The third kappa shape index (κ3) is 8.09. The molecule has 0 aromatic heterocycles. The third-order valence-corrected chi connectivity index (χ3v) is 9.87. The average molecular weight is 626 g/mol. The van der Waals surface area contributed by atoms with Crippen molar-refractivity contribution in [2.24, 2.45) is 0 Å². The molecule has 2 amide bonds. The van der Waals surface area contributed by atoms with E-state index in [0.29, 0.717) is 28.4 Å². The number of anilines is 1. The van der Waals surface area contributed by atoms with Gasteiger partial charge in [-0.25, -0.2) is 8.42 Å². The summed E-state index contributed by atoms with van der Waals surface area (Å²) < 4.78 is 34.6. The molecule has 1 aliphatic carbocycles. The van der Waals surface area contributed by atoms with E-state index in [-0.39, 0.29) is 23.4 Å². The Balaban J connectivity index is 1.73. The molecule has 1 aliphatic rings. The Morgan fingerprint density at radius 2 is 1.72 bits per heavy atom. The highest BCUT2D eigenvalue weighted by molar-refractivity contribution is 7.92. The van der Waals surface area contributed by atoms with Gasteiger partial charge >= 0.3 is 0 Å². The van der Waals surface area contributed by atoms with Crippen LogP contribution in [0.3, 0.4) is 0 Å². The molecule has 0 saturated heterocycles. The van der Waals surface area contributed by atoms with Gasteiger partial charge in [0.2, 0.25) is 11.8 Å². The number of nitrogens with zero attached hydrogens (tertiary/aromatic N) is 2. The fourth-order valence-corrected chi connectivity index (χ4v) is 7.29. The second-order valence-corrected chi connectivity index (χ2v) is 13.2. The number of nitrogens with one attached hydrogen (secondary N) is 1. The van der Waals surface area contributed by atoms with Crippen molar-refractivity contribution in [3.05, 3.63) is 88.9 Å². The predicted molar refractivity (Wildman–Crippen MR) is 170 cm³/mol. The highest BCUT2D eigenvalue weighted by atomic mass is 35.5. The smallest absolute Gasteiger partial charge is 0.264 e. The van der Waals surface area contributed by atoms with Crippen molar-refractivity contribution in [3.8, 4) is 5.75 Å². The van der Waals surface area contributed by atoms with E-state index in [9.17, 15) is 18.0 Å². The Bertz CT molecular complexity index is 1510. The van der Waals surface area contributed by atoms with Crippen LogP contribution in [0.2, 0.25) is 5.02 Å². The second-order valence-electron chi connectivity index (χ2n) is 10.9. The van der Waals surface area contributed by atoms with Crippen LogP contribution in [-0.2, 0) is 26.2 Å². The normalized spacial score (nSPS) is 14.5. The fraction of sp³-hybridized carbons (Fsp3) is 0.394. The van der Waals surface area contributed by atoms with Gasteiger partial charge in [-0.1, -0.05) is 68.1 Å². The maximum Gasteiger partial charge on any atom is 0.264 e. The molecule has 0 unspecified atom stereocenters. The lowest BCUT2D eigenvalue weighted by Crippen LogP contribution is -2.54. The largest absolute Gasteiger partial charge is 0.497 e. The van der Waals surface area contributed by atoms with Crippen LogP contribution in [0.4, 0.5) is 5.69 Å². The molecule has 0 bridgehead atoms. The number of methoxy groups -OCH3 is 1. The molecule has 8 nitrogen and oxygen atoms in total. The zero-order valence-corrected chi connectivity index (χ0v) is 26.5. The summed E-state index contributed by atoms with van der Waals surface area (Å²) in [6.45, 7) is 3.21. The number of rotatable bonds is 12. The van der Waals surface area contributed by atoms with Gasteiger partial charge in [0, 0.05) is 17.6 Å². The van der Waals surface area contributed by atoms with Crippen LogP contribution in [-0.4, -0.2) is 50.9 Å². The van der Waals surface area contributed by atoms with Crippen molar-refractivity contribution in [1.82, 2.24) is 10.2 Å². The zero-order valence-electron chi connectivity index (χ0n) is 25.0. The van der Waals surface area contributed by atoms with Crippen molar-refractivity contribution < 1.29 is 22.7 Å². The molecule has 3 aromatic carbocycles. The summed E-state index contributed by atoms with van der Waals surface area (Å²) in [7, 11) is -2.59. The molecule has 1 N–H and O–H groups in total.